The molecule has 46 heavy (non-hydrogen) atoms. The molecular formula is C35H46N8O3. The fourth-order valence-corrected chi connectivity index (χ4v) is 6.24. The van der Waals surface area contributed by atoms with Crippen LogP contribution in [-0.4, -0.2) is 48.1 Å². The summed E-state index contributed by atoms with van der Waals surface area (Å²) in [5.74, 6) is -1.63. The van der Waals surface area contributed by atoms with Gasteiger partial charge in [0.2, 0.25) is 17.7 Å². The molecule has 3 amide bonds. The lowest BCUT2D eigenvalue weighted by molar-refractivity contribution is -0.133. The number of hydrogen-bond acceptors (Lipinski definition) is 5. The summed E-state index contributed by atoms with van der Waals surface area (Å²) >= 11 is 0. The molecule has 11 nitrogen and oxygen atoms in total. The lowest BCUT2D eigenvalue weighted by Gasteiger charge is -2.31. The second-order valence-electron chi connectivity index (χ2n) is 12.2. The van der Waals surface area contributed by atoms with Crippen LogP contribution in [0.25, 0.3) is 10.8 Å². The molecule has 0 saturated heterocycles. The van der Waals surface area contributed by atoms with E-state index in [1.807, 2.05) is 54.6 Å². The molecule has 4 rings (SSSR count). The minimum absolute atomic E-state index is 0.0128. The van der Waals surface area contributed by atoms with Crippen LogP contribution in [0.1, 0.15) is 61.6 Å². The van der Waals surface area contributed by atoms with E-state index in [0.717, 1.165) is 54.0 Å². The molecule has 1 saturated carbocycles. The molecule has 0 unspecified atom stereocenters. The lowest BCUT2D eigenvalue weighted by atomic mass is 9.76. The van der Waals surface area contributed by atoms with Crippen molar-refractivity contribution in [3.05, 3.63) is 83.4 Å². The monoisotopic (exact) mass is 626 g/mol. The van der Waals surface area contributed by atoms with Gasteiger partial charge in [-0.05, 0) is 59.9 Å². The molecule has 11 heteroatoms. The summed E-state index contributed by atoms with van der Waals surface area (Å²) in [6.45, 7) is 0.287. The SMILES string of the molecule is N=C(N)c1ccc(C[C@@H](C(=O)N[C@@H](Cc2ccc3ccccc3c2)C(=O)N[C@@H](CCCN=C(N)N)C(N)=O)C2CCCCC2)cc1. The van der Waals surface area contributed by atoms with Gasteiger partial charge in [0.1, 0.15) is 17.9 Å². The van der Waals surface area contributed by atoms with Crippen molar-refractivity contribution >= 4 is 40.3 Å². The number of nitrogens with two attached hydrogens (primary N) is 4. The highest BCUT2D eigenvalue weighted by Crippen LogP contribution is 2.32. The lowest BCUT2D eigenvalue weighted by Crippen LogP contribution is -2.55. The van der Waals surface area contributed by atoms with E-state index >= 15 is 0 Å². The zero-order chi connectivity index (χ0) is 33.1. The second-order valence-corrected chi connectivity index (χ2v) is 12.2. The van der Waals surface area contributed by atoms with Crippen LogP contribution in [0, 0.1) is 17.2 Å². The Hall–Kier alpha value is -4.93. The molecule has 3 atom stereocenters. The third-order valence-corrected chi connectivity index (χ3v) is 8.77. The Balaban J connectivity index is 1.58. The Morgan fingerprint density at radius 3 is 2.09 bits per heavy atom. The first kappa shape index (κ1) is 34.0. The number of amides is 3. The average molecular weight is 627 g/mol. The Labute approximate surface area is 270 Å². The van der Waals surface area contributed by atoms with Crippen LogP contribution >= 0.6 is 0 Å². The highest BCUT2D eigenvalue weighted by Gasteiger charge is 2.33. The van der Waals surface area contributed by atoms with E-state index < -0.39 is 23.9 Å². The van der Waals surface area contributed by atoms with E-state index in [0.29, 0.717) is 18.4 Å². The normalized spacial score (nSPS) is 15.3. The van der Waals surface area contributed by atoms with Gasteiger partial charge in [-0.15, -0.1) is 0 Å². The summed E-state index contributed by atoms with van der Waals surface area (Å²) in [6.07, 6.45) is 6.52. The molecule has 0 aromatic heterocycles. The van der Waals surface area contributed by atoms with Crippen molar-refractivity contribution in [2.24, 2.45) is 39.8 Å². The number of nitrogen functional groups attached to an aromatic ring is 1. The van der Waals surface area contributed by atoms with Crippen molar-refractivity contribution in [1.82, 2.24) is 10.6 Å². The molecule has 3 aromatic carbocycles. The van der Waals surface area contributed by atoms with E-state index in [1.54, 1.807) is 12.1 Å². The predicted molar refractivity (Wildman–Crippen MR) is 182 cm³/mol. The van der Waals surface area contributed by atoms with E-state index in [4.69, 9.17) is 28.3 Å². The summed E-state index contributed by atoms with van der Waals surface area (Å²) < 4.78 is 0. The third kappa shape index (κ3) is 9.79. The number of rotatable bonds is 15. The molecule has 1 aliphatic rings. The number of primary amides is 1. The number of benzene rings is 3. The molecule has 1 aliphatic carbocycles. The number of aliphatic imine (C=N–C) groups is 1. The van der Waals surface area contributed by atoms with Gasteiger partial charge in [-0.1, -0.05) is 86.0 Å². The smallest absolute Gasteiger partial charge is 0.243 e. The van der Waals surface area contributed by atoms with E-state index in [-0.39, 0.29) is 48.9 Å². The van der Waals surface area contributed by atoms with Crippen LogP contribution < -0.4 is 33.6 Å². The topological polar surface area (TPSA) is 216 Å². The molecule has 0 heterocycles. The number of nitrogens with one attached hydrogen (secondary N) is 3. The van der Waals surface area contributed by atoms with Crippen molar-refractivity contribution < 1.29 is 14.4 Å². The van der Waals surface area contributed by atoms with E-state index in [2.05, 4.69) is 15.6 Å². The zero-order valence-corrected chi connectivity index (χ0v) is 26.2. The quantitative estimate of drug-likeness (QED) is 0.0764. The van der Waals surface area contributed by atoms with Gasteiger partial charge in [-0.3, -0.25) is 24.8 Å². The fourth-order valence-electron chi connectivity index (χ4n) is 6.24. The number of hydrogen-bond donors (Lipinski definition) is 7. The van der Waals surface area contributed by atoms with Crippen molar-refractivity contribution in [2.75, 3.05) is 6.54 Å². The average Bonchev–Trinajstić information content (AvgIpc) is 3.04. The maximum Gasteiger partial charge on any atom is 0.243 e. The zero-order valence-electron chi connectivity index (χ0n) is 26.2. The fraction of sp³-hybridized carbons (Fsp3) is 0.400. The number of nitrogens with zero attached hydrogens (tertiary/aromatic N) is 1. The van der Waals surface area contributed by atoms with Gasteiger partial charge in [0.25, 0.3) is 0 Å². The summed E-state index contributed by atoms with van der Waals surface area (Å²) in [5.41, 5.74) is 24.6. The maximum absolute atomic E-state index is 14.2. The van der Waals surface area contributed by atoms with Crippen LogP contribution in [0.5, 0.6) is 0 Å². The highest BCUT2D eigenvalue weighted by atomic mass is 16.2. The summed E-state index contributed by atoms with van der Waals surface area (Å²) in [4.78, 5) is 44.2. The Kier molecular flexibility index (Phi) is 12.1. The first-order valence-electron chi connectivity index (χ1n) is 16.0. The van der Waals surface area contributed by atoms with Crippen molar-refractivity contribution in [3.8, 4) is 0 Å². The largest absolute Gasteiger partial charge is 0.384 e. The van der Waals surface area contributed by atoms with Crippen LogP contribution in [0.3, 0.4) is 0 Å². The predicted octanol–water partition coefficient (Wildman–Crippen LogP) is 2.61. The molecule has 1 fully saturated rings. The van der Waals surface area contributed by atoms with Gasteiger partial charge >= 0.3 is 0 Å². The van der Waals surface area contributed by atoms with Crippen molar-refractivity contribution in [3.63, 3.8) is 0 Å². The molecule has 0 spiro atoms. The maximum atomic E-state index is 14.2. The Morgan fingerprint density at radius 2 is 1.43 bits per heavy atom. The van der Waals surface area contributed by atoms with Gasteiger partial charge < -0.3 is 33.6 Å². The first-order chi connectivity index (χ1) is 22.1. The van der Waals surface area contributed by atoms with Crippen LogP contribution in [-0.2, 0) is 27.2 Å². The molecule has 0 radical (unpaired) electrons. The number of guanidine groups is 1. The highest BCUT2D eigenvalue weighted by molar-refractivity contribution is 5.95. The second kappa shape index (κ2) is 16.4. The number of amidine groups is 1. The molecule has 0 aliphatic heterocycles. The summed E-state index contributed by atoms with van der Waals surface area (Å²) in [6, 6.07) is 19.4. The van der Waals surface area contributed by atoms with Crippen molar-refractivity contribution in [2.45, 2.75) is 69.9 Å². The molecule has 11 N–H and O–H groups in total. The third-order valence-electron chi connectivity index (χ3n) is 8.77. The van der Waals surface area contributed by atoms with Crippen molar-refractivity contribution in [1.29, 1.82) is 5.41 Å². The molecule has 244 valence electrons. The van der Waals surface area contributed by atoms with Crippen LogP contribution in [0.4, 0.5) is 0 Å². The van der Waals surface area contributed by atoms with Crippen LogP contribution in [0.2, 0.25) is 0 Å². The minimum atomic E-state index is -0.952. The van der Waals surface area contributed by atoms with Gasteiger partial charge in [-0.2, -0.15) is 0 Å². The first-order valence-corrected chi connectivity index (χ1v) is 16.0. The van der Waals surface area contributed by atoms with Gasteiger partial charge in [0.05, 0.1) is 0 Å². The molecular weight excluding hydrogens is 580 g/mol. The summed E-state index contributed by atoms with van der Waals surface area (Å²) in [5, 5.41) is 15.6. The molecule has 0 bridgehead atoms. The Bertz CT molecular complexity index is 1540. The van der Waals surface area contributed by atoms with Crippen LogP contribution in [0.15, 0.2) is 71.7 Å². The number of carbonyl (C=O) groups excluding carboxylic acids is 3. The van der Waals surface area contributed by atoms with Gasteiger partial charge in [0.15, 0.2) is 5.96 Å². The number of fused-ring (bicyclic) bond motifs is 1. The number of carbonyl (C=O) groups is 3. The van der Waals surface area contributed by atoms with Gasteiger partial charge in [0, 0.05) is 24.4 Å². The van der Waals surface area contributed by atoms with Gasteiger partial charge in [-0.25, -0.2) is 0 Å². The minimum Gasteiger partial charge on any atom is -0.384 e. The molecule has 3 aromatic rings. The van der Waals surface area contributed by atoms with E-state index in [1.165, 1.54) is 0 Å². The Morgan fingerprint density at radius 1 is 0.783 bits per heavy atom. The van der Waals surface area contributed by atoms with E-state index in [9.17, 15) is 14.4 Å². The summed E-state index contributed by atoms with van der Waals surface area (Å²) in [7, 11) is 0. The standard InChI is InChI=1S/C35H46N8O3/c36-31(37)26-16-12-22(13-17-26)20-28(25-8-2-1-3-9-25)33(45)43-30(21-23-14-15-24-7-4-5-10-27(24)19-23)34(46)42-29(32(38)44)11-6-18-41-35(39)40/h4-5,7,10,12-17,19,25,28-30H,1-3,6,8-9,11,18,20-21H2,(H3,36,37)(H2,38,44)(H,42,46)(H,43,45)(H4,39,40,41)/t28-,29+,30+/m1/s1.